The Labute approximate surface area is 120 Å². The van der Waals surface area contributed by atoms with Crippen LogP contribution in [-0.2, 0) is 14.6 Å². The van der Waals surface area contributed by atoms with E-state index in [1.165, 1.54) is 0 Å². The molecular weight excluding hydrogens is 332 g/mol. The van der Waals surface area contributed by atoms with E-state index in [1.807, 2.05) is 0 Å². The average molecular weight is 347 g/mol. The van der Waals surface area contributed by atoms with E-state index >= 15 is 0 Å². The summed E-state index contributed by atoms with van der Waals surface area (Å²) in [5.74, 6) is -0.408. The number of sulfone groups is 1. The molecule has 1 aromatic carbocycles. The second-order valence-electron chi connectivity index (χ2n) is 4.57. The third kappa shape index (κ3) is 3.27. The summed E-state index contributed by atoms with van der Waals surface area (Å²) in [6.45, 7) is 0. The molecule has 1 atom stereocenters. The third-order valence-corrected chi connectivity index (χ3v) is 5.81. The number of hydrogen-bond acceptors (Lipinski definition) is 4. The van der Waals surface area contributed by atoms with Gasteiger partial charge in [-0.25, -0.2) is 8.42 Å². The van der Waals surface area contributed by atoms with Gasteiger partial charge >= 0.3 is 0 Å². The molecular formula is C12H15BrN2O3S. The van der Waals surface area contributed by atoms with Gasteiger partial charge in [0.05, 0.1) is 17.1 Å². The Bertz CT molecular complexity index is 601. The Morgan fingerprint density at radius 1 is 1.37 bits per heavy atom. The molecule has 3 N–H and O–H groups in total. The number of halogens is 1. The number of nitrogen functional groups attached to an aromatic ring is 1. The van der Waals surface area contributed by atoms with Gasteiger partial charge < -0.3 is 11.1 Å². The summed E-state index contributed by atoms with van der Waals surface area (Å²) in [5.41, 5.74) is 6.61. The van der Waals surface area contributed by atoms with Crippen LogP contribution in [0.2, 0.25) is 0 Å². The Morgan fingerprint density at radius 3 is 2.74 bits per heavy atom. The van der Waals surface area contributed by atoms with Crippen molar-refractivity contribution < 1.29 is 13.2 Å². The predicted octanol–water partition coefficient (Wildman–Crippen LogP) is 1.94. The Morgan fingerprint density at radius 2 is 2.11 bits per heavy atom. The van der Waals surface area contributed by atoms with Crippen LogP contribution in [0.5, 0.6) is 0 Å². The van der Waals surface area contributed by atoms with E-state index in [4.69, 9.17) is 5.73 Å². The van der Waals surface area contributed by atoms with Crippen LogP contribution in [0.25, 0.3) is 0 Å². The molecule has 1 aliphatic heterocycles. The molecule has 0 aliphatic carbocycles. The normalized spacial score (nSPS) is 21.8. The largest absolute Gasteiger partial charge is 0.397 e. The van der Waals surface area contributed by atoms with Crippen LogP contribution in [0.3, 0.4) is 0 Å². The summed E-state index contributed by atoms with van der Waals surface area (Å²) in [5, 5.41) is 1.64. The molecule has 5 nitrogen and oxygen atoms in total. The molecule has 1 fully saturated rings. The second kappa shape index (κ2) is 5.50. The number of anilines is 2. The highest BCUT2D eigenvalue weighted by molar-refractivity contribution is 9.10. The minimum atomic E-state index is -3.33. The van der Waals surface area contributed by atoms with Gasteiger partial charge in [0.25, 0.3) is 0 Å². The molecule has 1 amide bonds. The zero-order chi connectivity index (χ0) is 14.0. The zero-order valence-corrected chi connectivity index (χ0v) is 12.6. The number of nitrogens with two attached hydrogens (primary N) is 1. The standard InChI is InChI=1S/C12H15BrN2O3S/c13-8-4-5-10(9(14)7-8)15-12(16)11-3-1-2-6-19(11,17)18/h4-5,7,11H,1-3,6,14H2,(H,15,16). The molecule has 2 rings (SSSR count). The molecule has 7 heteroatoms. The summed E-state index contributed by atoms with van der Waals surface area (Å²) in [4.78, 5) is 12.1. The Balaban J connectivity index is 2.17. The first-order valence-electron chi connectivity index (χ1n) is 5.97. The first kappa shape index (κ1) is 14.3. The maximum atomic E-state index is 12.1. The number of benzene rings is 1. The third-order valence-electron chi connectivity index (χ3n) is 3.14. The fourth-order valence-corrected chi connectivity index (χ4v) is 4.29. The lowest BCUT2D eigenvalue weighted by Gasteiger charge is -2.21. The summed E-state index contributed by atoms with van der Waals surface area (Å²) in [6, 6.07) is 5.04. The fourth-order valence-electron chi connectivity index (χ4n) is 2.11. The first-order chi connectivity index (χ1) is 8.90. The highest BCUT2D eigenvalue weighted by Gasteiger charge is 2.34. The van der Waals surface area contributed by atoms with Gasteiger partial charge in [0, 0.05) is 4.47 Å². The van der Waals surface area contributed by atoms with Crippen molar-refractivity contribution in [2.24, 2.45) is 0 Å². The van der Waals surface area contributed by atoms with E-state index < -0.39 is 21.0 Å². The van der Waals surface area contributed by atoms with Gasteiger partial charge in [-0.05, 0) is 31.0 Å². The second-order valence-corrected chi connectivity index (χ2v) is 7.79. The lowest BCUT2D eigenvalue weighted by molar-refractivity contribution is -0.116. The Kier molecular flexibility index (Phi) is 4.15. The van der Waals surface area contributed by atoms with Gasteiger partial charge in [-0.1, -0.05) is 22.4 Å². The molecule has 0 radical (unpaired) electrons. The van der Waals surface area contributed by atoms with Crippen molar-refractivity contribution in [2.45, 2.75) is 24.5 Å². The summed E-state index contributed by atoms with van der Waals surface area (Å²) >= 11 is 3.27. The first-order valence-corrected chi connectivity index (χ1v) is 8.48. The number of amides is 1. The summed E-state index contributed by atoms with van der Waals surface area (Å²) < 4.78 is 24.5. The van der Waals surface area contributed by atoms with E-state index in [0.29, 0.717) is 24.2 Å². The molecule has 1 heterocycles. The van der Waals surface area contributed by atoms with Crippen molar-refractivity contribution in [3.8, 4) is 0 Å². The van der Waals surface area contributed by atoms with Crippen molar-refractivity contribution in [2.75, 3.05) is 16.8 Å². The van der Waals surface area contributed by atoms with Gasteiger partial charge in [0.2, 0.25) is 5.91 Å². The monoisotopic (exact) mass is 346 g/mol. The highest BCUT2D eigenvalue weighted by Crippen LogP contribution is 2.25. The van der Waals surface area contributed by atoms with Gasteiger partial charge in [-0.15, -0.1) is 0 Å². The van der Waals surface area contributed by atoms with Crippen LogP contribution >= 0.6 is 15.9 Å². The number of rotatable bonds is 2. The minimum Gasteiger partial charge on any atom is -0.397 e. The lowest BCUT2D eigenvalue weighted by Crippen LogP contribution is -2.39. The Hall–Kier alpha value is -1.08. The van der Waals surface area contributed by atoms with Crippen LogP contribution in [0.1, 0.15) is 19.3 Å². The molecule has 1 saturated heterocycles. The van der Waals surface area contributed by atoms with E-state index in [2.05, 4.69) is 21.2 Å². The number of hydrogen-bond donors (Lipinski definition) is 2. The van der Waals surface area contributed by atoms with Crippen molar-refractivity contribution in [1.82, 2.24) is 0 Å². The molecule has 0 saturated carbocycles. The van der Waals surface area contributed by atoms with E-state index in [1.54, 1.807) is 18.2 Å². The lowest BCUT2D eigenvalue weighted by atomic mass is 10.1. The zero-order valence-electron chi connectivity index (χ0n) is 10.2. The molecule has 1 aliphatic rings. The SMILES string of the molecule is Nc1cc(Br)ccc1NC(=O)C1CCCCS1(=O)=O. The van der Waals surface area contributed by atoms with Crippen molar-refractivity contribution in [3.63, 3.8) is 0 Å². The van der Waals surface area contributed by atoms with Gasteiger partial charge in [-0.3, -0.25) is 4.79 Å². The molecule has 1 aromatic rings. The quantitative estimate of drug-likeness (QED) is 0.800. The molecule has 0 bridgehead atoms. The minimum absolute atomic E-state index is 0.0842. The molecule has 0 aromatic heterocycles. The average Bonchev–Trinajstić information content (AvgIpc) is 2.32. The van der Waals surface area contributed by atoms with Crippen molar-refractivity contribution >= 4 is 43.0 Å². The van der Waals surface area contributed by atoms with Gasteiger partial charge in [0.15, 0.2) is 9.84 Å². The smallest absolute Gasteiger partial charge is 0.242 e. The number of carbonyl (C=O) groups is 1. The van der Waals surface area contributed by atoms with E-state index in [9.17, 15) is 13.2 Å². The topological polar surface area (TPSA) is 89.3 Å². The van der Waals surface area contributed by atoms with E-state index in [0.717, 1.165) is 10.9 Å². The molecule has 19 heavy (non-hydrogen) atoms. The summed E-state index contributed by atoms with van der Waals surface area (Å²) in [7, 11) is -3.33. The van der Waals surface area contributed by atoms with Crippen LogP contribution in [0, 0.1) is 0 Å². The van der Waals surface area contributed by atoms with Gasteiger partial charge in [0.1, 0.15) is 5.25 Å². The van der Waals surface area contributed by atoms with Crippen LogP contribution in [0.15, 0.2) is 22.7 Å². The molecule has 1 unspecified atom stereocenters. The van der Waals surface area contributed by atoms with Crippen molar-refractivity contribution in [1.29, 1.82) is 0 Å². The molecule has 104 valence electrons. The van der Waals surface area contributed by atoms with E-state index in [-0.39, 0.29) is 5.75 Å². The van der Waals surface area contributed by atoms with Crippen LogP contribution in [-0.4, -0.2) is 25.3 Å². The maximum absolute atomic E-state index is 12.1. The highest BCUT2D eigenvalue weighted by atomic mass is 79.9. The fraction of sp³-hybridized carbons (Fsp3) is 0.417. The maximum Gasteiger partial charge on any atom is 0.242 e. The van der Waals surface area contributed by atoms with Crippen LogP contribution in [0.4, 0.5) is 11.4 Å². The van der Waals surface area contributed by atoms with Crippen molar-refractivity contribution in [3.05, 3.63) is 22.7 Å². The molecule has 0 spiro atoms. The van der Waals surface area contributed by atoms with Gasteiger partial charge in [-0.2, -0.15) is 0 Å². The number of nitrogens with one attached hydrogen (secondary N) is 1. The number of carbonyl (C=O) groups excluding carboxylic acids is 1. The van der Waals surface area contributed by atoms with Crippen LogP contribution < -0.4 is 11.1 Å². The predicted molar refractivity (Wildman–Crippen MR) is 78.6 cm³/mol. The summed E-state index contributed by atoms with van der Waals surface area (Å²) in [6.07, 6.45) is 1.77.